The molecule has 0 aliphatic heterocycles. The van der Waals surface area contributed by atoms with E-state index in [0.29, 0.717) is 11.5 Å². The molecule has 1 aliphatic carbocycles. The van der Waals surface area contributed by atoms with Crippen LogP contribution in [0.3, 0.4) is 0 Å². The molecule has 0 unspecified atom stereocenters. The van der Waals surface area contributed by atoms with Crippen molar-refractivity contribution in [1.82, 2.24) is 36.5 Å². The fourth-order valence-electron chi connectivity index (χ4n) is 22.0. The van der Waals surface area contributed by atoms with Crippen molar-refractivity contribution in [1.29, 1.82) is 0 Å². The number of aromatic nitrogens is 8. The molecule has 0 spiro atoms. The summed E-state index contributed by atoms with van der Waals surface area (Å²) in [6.07, 6.45) is 14.9. The average Bonchev–Trinajstić information content (AvgIpc) is 1.53. The van der Waals surface area contributed by atoms with Crippen LogP contribution in [0.15, 0.2) is 402 Å². The van der Waals surface area contributed by atoms with Crippen LogP contribution in [0.2, 0.25) is 0 Å². The van der Waals surface area contributed by atoms with Gasteiger partial charge in [0.05, 0.1) is 77.2 Å². The summed E-state index contributed by atoms with van der Waals surface area (Å²) in [5.74, 6) is 0.624. The lowest BCUT2D eigenvalue weighted by Crippen LogP contribution is -2.10. The first-order valence-corrected chi connectivity index (χ1v) is 46.8. The fraction of sp³-hybridized carbons (Fsp3) is 0.105. The topological polar surface area (TPSA) is 56.5 Å². The molecule has 1 aliphatic rings. The van der Waals surface area contributed by atoms with Crippen molar-refractivity contribution >= 4 is 199 Å². The smallest absolute Gasteiger partial charge is 0.257 e. The number of benzene rings is 17. The van der Waals surface area contributed by atoms with Gasteiger partial charge in [-0.2, -0.15) is 0 Å². The second-order valence-electron chi connectivity index (χ2n) is 35.8. The zero-order chi connectivity index (χ0) is 89.6. The molecule has 0 bridgehead atoms. The van der Waals surface area contributed by atoms with Crippen molar-refractivity contribution in [2.75, 3.05) is 0 Å². The molecule has 0 amide bonds. The SMILES string of the molecule is C=C(C)C(=O)n1c2ccccc2c2ccc3c(c4ccccc4n3-c3ccccc3)c21.C=Cc1ccc(-n2c3ccccc3c3ccc4c(c5ccccc5n4CCCC)c32)cc1.C=Cc1ccc(Cn2c3ccccc3c3ccc4c(c5ccc(C)cc5n4-c4ccccc4)c32)cc1.C=Cn1c2ccc(C3CCCCC3)cc2c2ccc3c(c4ccccc4n3-c3ccccc3)c21. The summed E-state index contributed by atoms with van der Waals surface area (Å²) in [5, 5.41) is 20.1. The van der Waals surface area contributed by atoms with Gasteiger partial charge in [0.2, 0.25) is 0 Å². The number of allylic oxidation sites excluding steroid dienone is 1. The van der Waals surface area contributed by atoms with E-state index in [9.17, 15) is 4.79 Å². The van der Waals surface area contributed by atoms with Gasteiger partial charge in [-0.05, 0) is 194 Å². The third-order valence-corrected chi connectivity index (χ3v) is 28.0. The van der Waals surface area contributed by atoms with E-state index in [2.05, 4.69) is 418 Å². The highest BCUT2D eigenvalue weighted by atomic mass is 16.2. The number of carbonyl (C=O) groups is 1. The number of para-hydroxylation sites is 9. The monoisotopic (exact) mass is 1720 g/mol. The largest absolute Gasteiger partial charge is 0.340 e. The first kappa shape index (κ1) is 81.3. The maximum absolute atomic E-state index is 13.3. The molecule has 0 atom stereocenters. The van der Waals surface area contributed by atoms with Gasteiger partial charge in [-0.3, -0.25) is 9.36 Å². The maximum atomic E-state index is 13.3. The summed E-state index contributed by atoms with van der Waals surface area (Å²) in [6.45, 7) is 24.1. The predicted molar refractivity (Wildman–Crippen MR) is 568 cm³/mol. The molecule has 1 saturated carbocycles. The van der Waals surface area contributed by atoms with E-state index in [4.69, 9.17) is 0 Å². The molecule has 9 heteroatoms. The molecule has 1 fully saturated rings. The van der Waals surface area contributed by atoms with Crippen molar-refractivity contribution in [2.45, 2.75) is 84.7 Å². The quantitative estimate of drug-likeness (QED) is 0.100. The van der Waals surface area contributed by atoms with Gasteiger partial charge in [-0.25, -0.2) is 0 Å². The van der Waals surface area contributed by atoms with Gasteiger partial charge >= 0.3 is 0 Å². The molecule has 0 radical (unpaired) electrons. The van der Waals surface area contributed by atoms with Crippen LogP contribution in [-0.4, -0.2) is 42.4 Å². The van der Waals surface area contributed by atoms with Gasteiger partial charge in [0.25, 0.3) is 5.91 Å². The normalized spacial score (nSPS) is 12.6. The number of nitrogens with zero attached hydrogens (tertiary/aromatic N) is 8. The Kier molecular flexibility index (Phi) is 20.6. The van der Waals surface area contributed by atoms with Crippen LogP contribution < -0.4 is 0 Å². The van der Waals surface area contributed by atoms with Crippen molar-refractivity contribution in [3.05, 3.63) is 430 Å². The van der Waals surface area contributed by atoms with E-state index in [1.54, 1.807) is 6.92 Å². The van der Waals surface area contributed by atoms with Gasteiger partial charge in [-0.1, -0.05) is 314 Å². The molecule has 8 heterocycles. The Morgan fingerprint density at radius 1 is 0.331 bits per heavy atom. The highest BCUT2D eigenvalue weighted by molar-refractivity contribution is 6.31. The molecule has 8 aromatic heterocycles. The highest BCUT2D eigenvalue weighted by Gasteiger charge is 2.28. The number of rotatable bonds is 14. The van der Waals surface area contributed by atoms with Crippen molar-refractivity contribution in [2.24, 2.45) is 0 Å². The van der Waals surface area contributed by atoms with E-state index in [1.165, 1.54) is 210 Å². The standard InChI is InChI=1S/C34H26N2.C32H28N2.C30H26N2.C28H20N2O/c1-3-24-14-16-25(17-15-24)22-35-30-12-8-7-11-27(30)28-19-20-31-33(34(28)35)29-18-13-23(2)21-32(29)36(31)26-9-5-4-6-10-26;1-2-33-28-19-17-23(22-11-5-3-6-12-22)21-27(28)25-18-20-30-31(32(25)33)26-15-9-10-16-29(26)34(30)24-13-7-4-8-14-24;1-3-5-20-31-26-12-8-7-11-25(26)29-28(31)19-18-24-23-10-6-9-13-27(23)32(30(24)29)22-16-14-21(4-2)15-17-22;1-18(2)28(31)30-23-14-8-6-12-20(23)21-16-17-25-26(27(21)30)22-13-7-9-15-24(22)29(25)19-10-4-3-5-11-19/h3-21H,1,22H2,2H3;2,4,7-10,13-22H,1,3,5-6,11-12H2;4,6-19H,2-3,5,20H2,1H3;3-17H,1H2,2H3. The Bertz CT molecular complexity index is 8970. The van der Waals surface area contributed by atoms with Crippen LogP contribution in [0.25, 0.3) is 216 Å². The van der Waals surface area contributed by atoms with Crippen LogP contribution in [0.1, 0.15) is 97.3 Å². The number of hydrogen-bond donors (Lipinski definition) is 0. The zero-order valence-corrected chi connectivity index (χ0v) is 75.2. The number of hydrogen-bond acceptors (Lipinski definition) is 1. The molecule has 133 heavy (non-hydrogen) atoms. The van der Waals surface area contributed by atoms with Crippen molar-refractivity contribution in [3.63, 3.8) is 0 Å². The van der Waals surface area contributed by atoms with Crippen LogP contribution in [0, 0.1) is 6.92 Å². The van der Waals surface area contributed by atoms with Gasteiger partial charge in [0.15, 0.2) is 0 Å². The van der Waals surface area contributed by atoms with Crippen molar-refractivity contribution in [3.8, 4) is 22.7 Å². The summed E-state index contributed by atoms with van der Waals surface area (Å²) in [7, 11) is 0. The molecular formula is C124H100N8O. The zero-order valence-electron chi connectivity index (χ0n) is 75.2. The minimum Gasteiger partial charge on any atom is -0.340 e. The first-order chi connectivity index (χ1) is 65.6. The Morgan fingerprint density at radius 3 is 1.27 bits per heavy atom. The molecule has 9 nitrogen and oxygen atoms in total. The number of carbonyl (C=O) groups excluding carboxylic acids is 1. The Balaban J connectivity index is 0.000000101. The van der Waals surface area contributed by atoms with Crippen LogP contribution in [0.5, 0.6) is 0 Å². The van der Waals surface area contributed by atoms with Crippen LogP contribution >= 0.6 is 0 Å². The number of aryl methyl sites for hydroxylation is 2. The molecule has 26 rings (SSSR count). The van der Waals surface area contributed by atoms with Gasteiger partial charge in [-0.15, -0.1) is 0 Å². The molecule has 0 saturated heterocycles. The van der Waals surface area contributed by atoms with Crippen LogP contribution in [-0.2, 0) is 13.1 Å². The van der Waals surface area contributed by atoms with E-state index >= 15 is 0 Å². The molecule has 25 aromatic rings. The van der Waals surface area contributed by atoms with E-state index in [1.807, 2.05) is 47.2 Å². The average molecular weight is 1720 g/mol. The van der Waals surface area contributed by atoms with Gasteiger partial charge in [0.1, 0.15) is 0 Å². The summed E-state index contributed by atoms with van der Waals surface area (Å²) in [6, 6.07) is 133. The molecule has 17 aromatic carbocycles. The van der Waals surface area contributed by atoms with E-state index in [0.717, 1.165) is 73.5 Å². The third kappa shape index (κ3) is 13.5. The lowest BCUT2D eigenvalue weighted by atomic mass is 9.84. The van der Waals surface area contributed by atoms with Crippen molar-refractivity contribution < 1.29 is 4.79 Å². The molecule has 0 N–H and O–H groups in total. The minimum atomic E-state index is -0.0738. The van der Waals surface area contributed by atoms with Gasteiger partial charge in [0, 0.05) is 145 Å². The number of fused-ring (bicyclic) bond motifs is 28. The van der Waals surface area contributed by atoms with E-state index < -0.39 is 0 Å². The summed E-state index contributed by atoms with van der Waals surface area (Å²) < 4.78 is 18.7. The lowest BCUT2D eigenvalue weighted by Gasteiger charge is -2.22. The third-order valence-electron chi connectivity index (χ3n) is 28.0. The fourth-order valence-corrected chi connectivity index (χ4v) is 22.0. The predicted octanol–water partition coefficient (Wildman–Crippen LogP) is 33.4. The van der Waals surface area contributed by atoms with E-state index in [-0.39, 0.29) is 5.91 Å². The molecular weight excluding hydrogens is 1620 g/mol. The molecule has 642 valence electrons. The second kappa shape index (κ2) is 33.7. The number of unbranched alkanes of at least 4 members (excludes halogenated alkanes) is 1. The Labute approximate surface area is 772 Å². The highest BCUT2D eigenvalue weighted by Crippen LogP contribution is 2.48. The van der Waals surface area contributed by atoms with Gasteiger partial charge < -0.3 is 32.0 Å². The van der Waals surface area contributed by atoms with Crippen LogP contribution in [0.4, 0.5) is 0 Å². The maximum Gasteiger partial charge on any atom is 0.257 e. The summed E-state index contributed by atoms with van der Waals surface area (Å²) >= 11 is 0. The minimum absolute atomic E-state index is 0.0738. The summed E-state index contributed by atoms with van der Waals surface area (Å²) in [5.41, 5.74) is 30.7. The summed E-state index contributed by atoms with van der Waals surface area (Å²) in [4.78, 5) is 13.3. The second-order valence-corrected chi connectivity index (χ2v) is 35.8. The Morgan fingerprint density at radius 2 is 0.729 bits per heavy atom. The Hall–Kier alpha value is -16.2. The lowest BCUT2D eigenvalue weighted by molar-refractivity contribution is 0.0965. The first-order valence-electron chi connectivity index (χ1n) is 46.8.